The molecule has 0 saturated carbocycles. The Bertz CT molecular complexity index is 563. The minimum atomic E-state index is -0.124. The van der Waals surface area contributed by atoms with Crippen LogP contribution in [0.4, 0.5) is 0 Å². The van der Waals surface area contributed by atoms with Gasteiger partial charge in [-0.1, -0.05) is 18.3 Å². The molecule has 0 amide bonds. The molecule has 0 radical (unpaired) electrons. The van der Waals surface area contributed by atoms with Crippen molar-refractivity contribution in [1.29, 1.82) is 0 Å². The summed E-state index contributed by atoms with van der Waals surface area (Å²) >= 11 is 1.52. The van der Waals surface area contributed by atoms with Crippen LogP contribution in [0, 0.1) is 0 Å². The van der Waals surface area contributed by atoms with E-state index in [1.54, 1.807) is 6.20 Å². The summed E-state index contributed by atoms with van der Waals surface area (Å²) in [7, 11) is 0. The van der Waals surface area contributed by atoms with Gasteiger partial charge < -0.3 is 10.3 Å². The second-order valence-corrected chi connectivity index (χ2v) is 5.07. The summed E-state index contributed by atoms with van der Waals surface area (Å²) in [4.78, 5) is 13.8. The maximum atomic E-state index is 11.2. The molecule has 2 heterocycles. The number of aromatic amines is 1. The number of hydrogen-bond acceptors (Lipinski definition) is 5. The first kappa shape index (κ1) is 12.9. The molecule has 0 fully saturated rings. The quantitative estimate of drug-likeness (QED) is 0.866. The number of nitrogens with zero attached hydrogens (tertiary/aromatic N) is 2. The van der Waals surface area contributed by atoms with Gasteiger partial charge in [-0.25, -0.2) is 0 Å². The van der Waals surface area contributed by atoms with Crippen molar-refractivity contribution in [3.05, 3.63) is 33.7 Å². The highest BCUT2D eigenvalue weighted by Crippen LogP contribution is 2.25. The van der Waals surface area contributed by atoms with Gasteiger partial charge in [0.1, 0.15) is 10.0 Å². The molecule has 2 N–H and O–H groups in total. The molecule has 1 atom stereocenters. The molecule has 18 heavy (non-hydrogen) atoms. The fourth-order valence-corrected chi connectivity index (χ4v) is 2.42. The fourth-order valence-electron chi connectivity index (χ4n) is 1.55. The molecule has 0 aromatic carbocycles. The van der Waals surface area contributed by atoms with Crippen molar-refractivity contribution in [1.82, 2.24) is 20.5 Å². The summed E-state index contributed by atoms with van der Waals surface area (Å²) in [6.07, 6.45) is 2.71. The van der Waals surface area contributed by atoms with Gasteiger partial charge >= 0.3 is 0 Å². The SMILES string of the molecule is CCCNC(C)c1nnc(-c2cc[nH]c(=O)c2)s1. The average molecular weight is 264 g/mol. The molecule has 0 aliphatic rings. The van der Waals surface area contributed by atoms with Crippen LogP contribution in [0.15, 0.2) is 23.1 Å². The van der Waals surface area contributed by atoms with Gasteiger partial charge in [0.2, 0.25) is 5.56 Å². The number of nitrogens with one attached hydrogen (secondary N) is 2. The van der Waals surface area contributed by atoms with E-state index in [1.807, 2.05) is 6.07 Å². The molecule has 2 aromatic rings. The molecule has 6 heteroatoms. The first-order valence-corrected chi connectivity index (χ1v) is 6.78. The smallest absolute Gasteiger partial charge is 0.248 e. The van der Waals surface area contributed by atoms with Crippen molar-refractivity contribution >= 4 is 11.3 Å². The Balaban J connectivity index is 2.17. The van der Waals surface area contributed by atoms with E-state index in [9.17, 15) is 4.79 Å². The zero-order chi connectivity index (χ0) is 13.0. The Morgan fingerprint density at radius 3 is 3.06 bits per heavy atom. The molecule has 0 saturated heterocycles. The molecule has 5 nitrogen and oxygen atoms in total. The largest absolute Gasteiger partial charge is 0.329 e. The first-order chi connectivity index (χ1) is 8.70. The third-order valence-corrected chi connectivity index (χ3v) is 3.69. The Morgan fingerprint density at radius 2 is 2.33 bits per heavy atom. The standard InChI is InChI=1S/C12H16N4OS/c1-3-5-13-8(2)11-15-16-12(18-11)9-4-6-14-10(17)7-9/h4,6-8,13H,3,5H2,1-2H3,(H,14,17). The van der Waals surface area contributed by atoms with Gasteiger partial charge in [0, 0.05) is 17.8 Å². The number of pyridine rings is 1. The molecular weight excluding hydrogens is 248 g/mol. The lowest BCUT2D eigenvalue weighted by molar-refractivity contribution is 0.564. The highest BCUT2D eigenvalue weighted by atomic mass is 32.1. The highest BCUT2D eigenvalue weighted by molar-refractivity contribution is 7.14. The molecule has 0 bridgehead atoms. The number of hydrogen-bond donors (Lipinski definition) is 2. The number of rotatable bonds is 5. The zero-order valence-corrected chi connectivity index (χ0v) is 11.3. The Labute approximate surface area is 109 Å². The van der Waals surface area contributed by atoms with Crippen molar-refractivity contribution in [3.8, 4) is 10.6 Å². The second kappa shape index (κ2) is 5.88. The Hall–Kier alpha value is -1.53. The first-order valence-electron chi connectivity index (χ1n) is 5.96. The topological polar surface area (TPSA) is 70.7 Å². The Morgan fingerprint density at radius 1 is 1.50 bits per heavy atom. The summed E-state index contributed by atoms with van der Waals surface area (Å²) in [6, 6.07) is 3.56. The van der Waals surface area contributed by atoms with Gasteiger partial charge in [0.15, 0.2) is 0 Å². The molecule has 0 aliphatic heterocycles. The van der Waals surface area contributed by atoms with E-state index >= 15 is 0 Å². The fraction of sp³-hybridized carbons (Fsp3) is 0.417. The zero-order valence-electron chi connectivity index (χ0n) is 10.4. The summed E-state index contributed by atoms with van der Waals surface area (Å²) < 4.78 is 0. The minimum Gasteiger partial charge on any atom is -0.329 e. The number of H-pyrrole nitrogens is 1. The van der Waals surface area contributed by atoms with Gasteiger partial charge in [0.25, 0.3) is 0 Å². The molecule has 2 rings (SSSR count). The second-order valence-electron chi connectivity index (χ2n) is 4.06. The van der Waals surface area contributed by atoms with Gasteiger partial charge in [-0.15, -0.1) is 10.2 Å². The van der Waals surface area contributed by atoms with Gasteiger partial charge in [-0.05, 0) is 26.0 Å². The van der Waals surface area contributed by atoms with Gasteiger partial charge in [-0.3, -0.25) is 4.79 Å². The summed E-state index contributed by atoms with van der Waals surface area (Å²) in [5, 5.41) is 13.4. The Kier molecular flexibility index (Phi) is 4.22. The lowest BCUT2D eigenvalue weighted by Gasteiger charge is -2.08. The van der Waals surface area contributed by atoms with Gasteiger partial charge in [-0.2, -0.15) is 0 Å². The molecule has 0 aliphatic carbocycles. The van der Waals surface area contributed by atoms with E-state index in [4.69, 9.17) is 0 Å². The third-order valence-electron chi connectivity index (χ3n) is 2.53. The van der Waals surface area contributed by atoms with Crippen LogP contribution >= 0.6 is 11.3 Å². The molecule has 2 aromatic heterocycles. The summed E-state index contributed by atoms with van der Waals surface area (Å²) in [6.45, 7) is 5.15. The molecule has 1 unspecified atom stereocenters. The summed E-state index contributed by atoms with van der Waals surface area (Å²) in [5.74, 6) is 0. The average Bonchev–Trinajstić information content (AvgIpc) is 2.85. The van der Waals surface area contributed by atoms with Crippen molar-refractivity contribution in [2.24, 2.45) is 0 Å². The van der Waals surface area contributed by atoms with Crippen molar-refractivity contribution in [2.45, 2.75) is 26.3 Å². The summed E-state index contributed by atoms with van der Waals surface area (Å²) in [5.41, 5.74) is 0.687. The van der Waals surface area contributed by atoms with Crippen LogP contribution in [0.25, 0.3) is 10.6 Å². The molecular formula is C12H16N4OS. The van der Waals surface area contributed by atoms with E-state index in [-0.39, 0.29) is 11.6 Å². The maximum absolute atomic E-state index is 11.2. The molecule has 0 spiro atoms. The third kappa shape index (κ3) is 3.02. The van der Waals surface area contributed by atoms with E-state index in [0.29, 0.717) is 0 Å². The monoisotopic (exact) mass is 264 g/mol. The van der Waals surface area contributed by atoms with E-state index in [1.165, 1.54) is 17.4 Å². The van der Waals surface area contributed by atoms with Crippen LogP contribution in [0.3, 0.4) is 0 Å². The van der Waals surface area contributed by atoms with Crippen LogP contribution in [0.2, 0.25) is 0 Å². The van der Waals surface area contributed by atoms with Crippen LogP contribution < -0.4 is 10.9 Å². The predicted molar refractivity (Wildman–Crippen MR) is 72.7 cm³/mol. The normalized spacial score (nSPS) is 12.6. The predicted octanol–water partition coefficient (Wildman–Crippen LogP) is 1.95. The molecule has 96 valence electrons. The number of aromatic nitrogens is 3. The van der Waals surface area contributed by atoms with Crippen LogP contribution in [0.5, 0.6) is 0 Å². The maximum Gasteiger partial charge on any atom is 0.248 e. The highest BCUT2D eigenvalue weighted by Gasteiger charge is 2.12. The minimum absolute atomic E-state index is 0.124. The van der Waals surface area contributed by atoms with E-state index < -0.39 is 0 Å². The van der Waals surface area contributed by atoms with Crippen LogP contribution in [-0.2, 0) is 0 Å². The van der Waals surface area contributed by atoms with Crippen LogP contribution in [-0.4, -0.2) is 21.7 Å². The van der Waals surface area contributed by atoms with E-state index in [0.717, 1.165) is 28.5 Å². The lowest BCUT2D eigenvalue weighted by atomic mass is 10.3. The van der Waals surface area contributed by atoms with Crippen molar-refractivity contribution < 1.29 is 0 Å². The van der Waals surface area contributed by atoms with Crippen molar-refractivity contribution in [2.75, 3.05) is 6.54 Å². The van der Waals surface area contributed by atoms with Crippen LogP contribution in [0.1, 0.15) is 31.3 Å². The van der Waals surface area contributed by atoms with E-state index in [2.05, 4.69) is 34.3 Å². The van der Waals surface area contributed by atoms with Crippen molar-refractivity contribution in [3.63, 3.8) is 0 Å². The lowest BCUT2D eigenvalue weighted by Crippen LogP contribution is -2.18. The van der Waals surface area contributed by atoms with Gasteiger partial charge in [0.05, 0.1) is 6.04 Å².